The smallest absolute Gasteiger partial charge is 0.130 e. The van der Waals surface area contributed by atoms with Crippen molar-refractivity contribution in [3.8, 4) is 0 Å². The summed E-state index contributed by atoms with van der Waals surface area (Å²) in [4.78, 5) is 7.82. The minimum atomic E-state index is -1.10. The van der Waals surface area contributed by atoms with Crippen LogP contribution in [-0.2, 0) is 4.74 Å². The summed E-state index contributed by atoms with van der Waals surface area (Å²) in [5, 5.41) is 28.1. The lowest BCUT2D eigenvalue weighted by Crippen LogP contribution is -2.32. The Labute approximate surface area is 86.2 Å². The molecule has 0 spiro atoms. The van der Waals surface area contributed by atoms with Crippen LogP contribution in [0.4, 0.5) is 0 Å². The summed E-state index contributed by atoms with van der Waals surface area (Å²) < 4.78 is 5.27. The summed E-state index contributed by atoms with van der Waals surface area (Å²) in [6.45, 7) is -0.338. The molecule has 2 heterocycles. The Bertz CT molecular complexity index is 321. The average molecular weight is 212 g/mol. The zero-order valence-electron chi connectivity index (χ0n) is 7.89. The first-order valence-corrected chi connectivity index (χ1v) is 4.62. The SMILES string of the molecule is OC[C@H]1OC(c2cnccn2)[C@H](O)[C@@H]1O. The van der Waals surface area contributed by atoms with Gasteiger partial charge in [0.05, 0.1) is 18.5 Å². The summed E-state index contributed by atoms with van der Waals surface area (Å²) in [7, 11) is 0. The number of nitrogens with zero attached hydrogens (tertiary/aromatic N) is 2. The maximum atomic E-state index is 9.66. The fraction of sp³-hybridized carbons (Fsp3) is 0.556. The lowest BCUT2D eigenvalue weighted by Gasteiger charge is -2.12. The summed E-state index contributed by atoms with van der Waals surface area (Å²) in [6, 6.07) is 0. The van der Waals surface area contributed by atoms with Gasteiger partial charge >= 0.3 is 0 Å². The molecule has 0 bridgehead atoms. The van der Waals surface area contributed by atoms with Crippen molar-refractivity contribution in [1.29, 1.82) is 0 Å². The van der Waals surface area contributed by atoms with Gasteiger partial charge in [0.1, 0.15) is 24.4 Å². The van der Waals surface area contributed by atoms with Gasteiger partial charge in [-0.05, 0) is 0 Å². The monoisotopic (exact) mass is 212 g/mol. The second-order valence-corrected chi connectivity index (χ2v) is 3.39. The summed E-state index contributed by atoms with van der Waals surface area (Å²) in [6.07, 6.45) is 0.758. The lowest BCUT2D eigenvalue weighted by atomic mass is 10.1. The normalized spacial score (nSPS) is 35.7. The van der Waals surface area contributed by atoms with Crippen molar-refractivity contribution in [3.05, 3.63) is 24.3 Å². The van der Waals surface area contributed by atoms with Crippen LogP contribution in [0.5, 0.6) is 0 Å². The standard InChI is InChI=1S/C9H12N2O4/c12-4-6-7(13)8(14)9(15-6)5-3-10-1-2-11-5/h1-3,6-9,12-14H,4H2/t6-,7-,8-,9?/m1/s1. The summed E-state index contributed by atoms with van der Waals surface area (Å²) >= 11 is 0. The van der Waals surface area contributed by atoms with Crippen LogP contribution in [0.3, 0.4) is 0 Å². The van der Waals surface area contributed by atoms with Gasteiger partial charge in [-0.15, -0.1) is 0 Å². The van der Waals surface area contributed by atoms with E-state index >= 15 is 0 Å². The fourth-order valence-corrected chi connectivity index (χ4v) is 1.60. The number of aromatic nitrogens is 2. The van der Waals surface area contributed by atoms with Gasteiger partial charge in [-0.25, -0.2) is 0 Å². The van der Waals surface area contributed by atoms with Gasteiger partial charge in [0.2, 0.25) is 0 Å². The predicted octanol–water partition coefficient (Wildman–Crippen LogP) is -1.37. The molecule has 0 radical (unpaired) electrons. The van der Waals surface area contributed by atoms with E-state index < -0.39 is 24.4 Å². The van der Waals surface area contributed by atoms with Gasteiger partial charge in [0, 0.05) is 12.4 Å². The molecule has 1 aromatic heterocycles. The molecule has 82 valence electrons. The first kappa shape index (κ1) is 10.4. The highest BCUT2D eigenvalue weighted by Crippen LogP contribution is 2.31. The van der Waals surface area contributed by atoms with Crippen molar-refractivity contribution in [1.82, 2.24) is 9.97 Å². The molecule has 1 saturated heterocycles. The van der Waals surface area contributed by atoms with Crippen molar-refractivity contribution in [2.45, 2.75) is 24.4 Å². The van der Waals surface area contributed by atoms with Crippen LogP contribution in [0.25, 0.3) is 0 Å². The first-order chi connectivity index (χ1) is 7.24. The third-order valence-electron chi connectivity index (χ3n) is 2.42. The Morgan fingerprint density at radius 1 is 1.27 bits per heavy atom. The van der Waals surface area contributed by atoms with E-state index in [4.69, 9.17) is 9.84 Å². The Morgan fingerprint density at radius 3 is 2.60 bits per heavy atom. The van der Waals surface area contributed by atoms with Crippen LogP contribution in [-0.4, -0.2) is 50.2 Å². The zero-order chi connectivity index (χ0) is 10.8. The molecule has 2 rings (SSSR count). The van der Waals surface area contributed by atoms with Crippen molar-refractivity contribution >= 4 is 0 Å². The molecule has 0 amide bonds. The van der Waals surface area contributed by atoms with E-state index in [9.17, 15) is 10.2 Å². The molecule has 15 heavy (non-hydrogen) atoms. The zero-order valence-corrected chi connectivity index (χ0v) is 7.89. The Hall–Kier alpha value is -1.08. The first-order valence-electron chi connectivity index (χ1n) is 4.62. The van der Waals surface area contributed by atoms with E-state index in [0.717, 1.165) is 0 Å². The molecule has 0 aromatic carbocycles. The molecule has 6 nitrogen and oxygen atoms in total. The molecule has 1 fully saturated rings. The van der Waals surface area contributed by atoms with Crippen LogP contribution < -0.4 is 0 Å². The third kappa shape index (κ3) is 1.84. The highest BCUT2D eigenvalue weighted by molar-refractivity contribution is 5.07. The van der Waals surface area contributed by atoms with Crippen molar-refractivity contribution in [2.24, 2.45) is 0 Å². The van der Waals surface area contributed by atoms with Gasteiger partial charge in [0.25, 0.3) is 0 Å². The van der Waals surface area contributed by atoms with Gasteiger partial charge in [0.15, 0.2) is 0 Å². The number of ether oxygens (including phenoxy) is 1. The Balaban J connectivity index is 2.19. The van der Waals surface area contributed by atoms with Crippen LogP contribution in [0.1, 0.15) is 11.8 Å². The number of rotatable bonds is 2. The van der Waals surface area contributed by atoms with E-state index in [1.54, 1.807) is 0 Å². The van der Waals surface area contributed by atoms with Crippen LogP contribution in [0.2, 0.25) is 0 Å². The largest absolute Gasteiger partial charge is 0.394 e. The van der Waals surface area contributed by atoms with Crippen molar-refractivity contribution < 1.29 is 20.1 Å². The molecule has 4 atom stereocenters. The lowest BCUT2D eigenvalue weighted by molar-refractivity contribution is -0.0240. The minimum absolute atomic E-state index is 0.338. The van der Waals surface area contributed by atoms with Crippen molar-refractivity contribution in [2.75, 3.05) is 6.61 Å². The number of hydrogen-bond donors (Lipinski definition) is 3. The Kier molecular flexibility index (Phi) is 2.92. The van der Waals surface area contributed by atoms with Gasteiger partial charge in [-0.1, -0.05) is 0 Å². The Morgan fingerprint density at radius 2 is 2.07 bits per heavy atom. The summed E-state index contributed by atoms with van der Waals surface area (Å²) in [5.74, 6) is 0. The quantitative estimate of drug-likeness (QED) is 0.560. The van der Waals surface area contributed by atoms with Crippen molar-refractivity contribution in [3.63, 3.8) is 0 Å². The molecular formula is C9H12N2O4. The van der Waals surface area contributed by atoms with Gasteiger partial charge in [-0.3, -0.25) is 9.97 Å². The molecule has 1 aliphatic rings. The molecular weight excluding hydrogens is 200 g/mol. The molecule has 6 heteroatoms. The number of hydrogen-bond acceptors (Lipinski definition) is 6. The van der Waals surface area contributed by atoms with Gasteiger partial charge in [-0.2, -0.15) is 0 Å². The fourth-order valence-electron chi connectivity index (χ4n) is 1.60. The molecule has 0 aliphatic carbocycles. The van der Waals surface area contributed by atoms with Crippen LogP contribution in [0, 0.1) is 0 Å². The van der Waals surface area contributed by atoms with Gasteiger partial charge < -0.3 is 20.1 Å². The molecule has 1 aliphatic heterocycles. The highest BCUT2D eigenvalue weighted by atomic mass is 16.6. The minimum Gasteiger partial charge on any atom is -0.394 e. The van der Waals surface area contributed by atoms with E-state index in [0.29, 0.717) is 5.69 Å². The number of aliphatic hydroxyl groups is 3. The second kappa shape index (κ2) is 4.19. The van der Waals surface area contributed by atoms with E-state index in [-0.39, 0.29) is 6.61 Å². The van der Waals surface area contributed by atoms with Crippen LogP contribution in [0.15, 0.2) is 18.6 Å². The maximum Gasteiger partial charge on any atom is 0.130 e. The number of aliphatic hydroxyl groups excluding tert-OH is 3. The van der Waals surface area contributed by atoms with E-state index in [1.807, 2.05) is 0 Å². The maximum absolute atomic E-state index is 9.66. The van der Waals surface area contributed by atoms with Crippen LogP contribution >= 0.6 is 0 Å². The predicted molar refractivity (Wildman–Crippen MR) is 48.7 cm³/mol. The van der Waals surface area contributed by atoms with E-state index in [2.05, 4.69) is 9.97 Å². The second-order valence-electron chi connectivity index (χ2n) is 3.39. The molecule has 0 saturated carbocycles. The van der Waals surface area contributed by atoms with E-state index in [1.165, 1.54) is 18.6 Å². The summed E-state index contributed by atoms with van der Waals surface area (Å²) in [5.41, 5.74) is 0.444. The molecule has 3 N–H and O–H groups in total. The molecule has 1 unspecified atom stereocenters. The third-order valence-corrected chi connectivity index (χ3v) is 2.42. The average Bonchev–Trinajstić information content (AvgIpc) is 2.57. The highest BCUT2D eigenvalue weighted by Gasteiger charge is 2.43. The topological polar surface area (TPSA) is 95.7 Å². The molecule has 1 aromatic rings.